The highest BCUT2D eigenvalue weighted by Gasteiger charge is 2.01. The van der Waals surface area contributed by atoms with Crippen molar-refractivity contribution in [2.75, 3.05) is 11.5 Å². The molecule has 0 radical (unpaired) electrons. The lowest BCUT2D eigenvalue weighted by molar-refractivity contribution is 1.09. The molecule has 2 aromatic rings. The van der Waals surface area contributed by atoms with Crippen molar-refractivity contribution < 1.29 is 0 Å². The third-order valence-electron chi connectivity index (χ3n) is 2.33. The molecule has 0 atom stereocenters. The Kier molecular flexibility index (Phi) is 4.45. The van der Waals surface area contributed by atoms with Gasteiger partial charge in [0, 0.05) is 22.1 Å². The molecule has 2 N–H and O–H groups in total. The van der Waals surface area contributed by atoms with E-state index in [1.54, 1.807) is 11.8 Å². The zero-order chi connectivity index (χ0) is 12.1. The molecule has 17 heavy (non-hydrogen) atoms. The van der Waals surface area contributed by atoms with Gasteiger partial charge in [-0.15, -0.1) is 11.8 Å². The molecule has 2 rings (SSSR count). The van der Waals surface area contributed by atoms with Gasteiger partial charge < -0.3 is 5.73 Å². The van der Waals surface area contributed by atoms with Crippen LogP contribution in [-0.4, -0.2) is 10.7 Å². The molecular weight excluding hydrogens is 296 g/mol. The van der Waals surface area contributed by atoms with Gasteiger partial charge >= 0.3 is 0 Å². The van der Waals surface area contributed by atoms with Crippen LogP contribution < -0.4 is 5.73 Å². The van der Waals surface area contributed by atoms with Crippen molar-refractivity contribution in [1.29, 1.82) is 0 Å². The maximum Gasteiger partial charge on any atom is 0.110 e. The monoisotopic (exact) mass is 308 g/mol. The van der Waals surface area contributed by atoms with Gasteiger partial charge in [-0.3, -0.25) is 0 Å². The molecule has 0 fully saturated rings. The summed E-state index contributed by atoms with van der Waals surface area (Å²) < 4.78 is 1.06. The lowest BCUT2D eigenvalue weighted by atomic mass is 10.2. The number of hydrogen-bond donors (Lipinski definition) is 1. The third-order valence-corrected chi connectivity index (χ3v) is 4.24. The fourth-order valence-electron chi connectivity index (χ4n) is 1.43. The van der Waals surface area contributed by atoms with Gasteiger partial charge in [0.25, 0.3) is 0 Å². The Morgan fingerprint density at radius 3 is 2.65 bits per heavy atom. The molecule has 0 bridgehead atoms. The van der Waals surface area contributed by atoms with Gasteiger partial charge in [0.1, 0.15) is 5.03 Å². The number of aromatic nitrogens is 1. The molecule has 4 heteroatoms. The highest BCUT2D eigenvalue weighted by Crippen LogP contribution is 2.25. The van der Waals surface area contributed by atoms with Crippen LogP contribution in [-0.2, 0) is 6.42 Å². The van der Waals surface area contributed by atoms with Crippen LogP contribution in [0.5, 0.6) is 0 Å². The molecule has 1 aromatic heterocycles. The number of anilines is 1. The molecule has 1 aromatic carbocycles. The number of rotatable bonds is 4. The zero-order valence-corrected chi connectivity index (χ0v) is 11.7. The average molecular weight is 309 g/mol. The topological polar surface area (TPSA) is 38.9 Å². The molecular formula is C13H13BrN2S. The summed E-state index contributed by atoms with van der Waals surface area (Å²) in [6, 6.07) is 12.0. The molecule has 1 heterocycles. The fourth-order valence-corrected chi connectivity index (χ4v) is 2.90. The second-order valence-electron chi connectivity index (χ2n) is 3.63. The number of nitrogens with two attached hydrogens (primary N) is 1. The van der Waals surface area contributed by atoms with Gasteiger partial charge in [0.05, 0.1) is 0 Å². The summed E-state index contributed by atoms with van der Waals surface area (Å²) >= 11 is 5.25. The van der Waals surface area contributed by atoms with E-state index in [0.717, 1.165) is 27.4 Å². The predicted molar refractivity (Wildman–Crippen MR) is 77.2 cm³/mol. The number of halogens is 1. The van der Waals surface area contributed by atoms with Gasteiger partial charge in [0.2, 0.25) is 0 Å². The first-order valence-corrected chi connectivity index (χ1v) is 7.11. The number of nitrogens with zero attached hydrogens (tertiary/aromatic N) is 1. The van der Waals surface area contributed by atoms with Crippen LogP contribution in [0.15, 0.2) is 52.1 Å². The van der Waals surface area contributed by atoms with Crippen molar-refractivity contribution in [2.45, 2.75) is 11.4 Å². The van der Waals surface area contributed by atoms with Crippen molar-refractivity contribution in [2.24, 2.45) is 0 Å². The van der Waals surface area contributed by atoms with Crippen molar-refractivity contribution in [3.05, 3.63) is 52.6 Å². The zero-order valence-electron chi connectivity index (χ0n) is 9.27. The highest BCUT2D eigenvalue weighted by atomic mass is 79.9. The Morgan fingerprint density at radius 1 is 1.18 bits per heavy atom. The molecule has 0 saturated carbocycles. The Bertz CT molecular complexity index is 485. The Balaban J connectivity index is 1.88. The minimum atomic E-state index is 0.814. The third kappa shape index (κ3) is 3.75. The average Bonchev–Trinajstić information content (AvgIpc) is 2.34. The van der Waals surface area contributed by atoms with Crippen LogP contribution in [0.2, 0.25) is 0 Å². The van der Waals surface area contributed by atoms with Crippen LogP contribution in [0.25, 0.3) is 0 Å². The smallest absolute Gasteiger partial charge is 0.110 e. The Morgan fingerprint density at radius 2 is 1.94 bits per heavy atom. The number of thioether (sulfide) groups is 1. The molecule has 0 unspecified atom stereocenters. The quantitative estimate of drug-likeness (QED) is 0.690. The largest absolute Gasteiger partial charge is 0.399 e. The molecule has 0 amide bonds. The molecule has 0 spiro atoms. The summed E-state index contributed by atoms with van der Waals surface area (Å²) in [5, 5.41) is 1.04. The number of pyridine rings is 1. The van der Waals surface area contributed by atoms with Gasteiger partial charge in [-0.05, 0) is 52.2 Å². The van der Waals surface area contributed by atoms with E-state index in [-0.39, 0.29) is 0 Å². The normalized spacial score (nSPS) is 10.4. The summed E-state index contributed by atoms with van der Waals surface area (Å²) in [5.74, 6) is 1.01. The summed E-state index contributed by atoms with van der Waals surface area (Å²) in [6.07, 6.45) is 2.84. The number of aryl methyl sites for hydroxylation is 1. The van der Waals surface area contributed by atoms with E-state index in [2.05, 4.69) is 33.0 Å². The summed E-state index contributed by atoms with van der Waals surface area (Å²) in [7, 11) is 0. The summed E-state index contributed by atoms with van der Waals surface area (Å²) in [4.78, 5) is 4.32. The molecule has 88 valence electrons. The fraction of sp³-hybridized carbons (Fsp3) is 0.154. The van der Waals surface area contributed by atoms with E-state index < -0.39 is 0 Å². The SMILES string of the molecule is Nc1ccc(CCSc2ncccc2Br)cc1. The van der Waals surface area contributed by atoms with Gasteiger partial charge in [-0.25, -0.2) is 4.98 Å². The number of benzene rings is 1. The van der Waals surface area contributed by atoms with Gasteiger partial charge in [0.15, 0.2) is 0 Å². The highest BCUT2D eigenvalue weighted by molar-refractivity contribution is 9.10. The van der Waals surface area contributed by atoms with E-state index in [9.17, 15) is 0 Å². The first kappa shape index (κ1) is 12.5. The summed E-state index contributed by atoms with van der Waals surface area (Å²) in [5.41, 5.74) is 7.76. The van der Waals surface area contributed by atoms with Crippen molar-refractivity contribution >= 4 is 33.4 Å². The second kappa shape index (κ2) is 6.07. The predicted octanol–water partition coefficient (Wildman–Crippen LogP) is 3.76. The van der Waals surface area contributed by atoms with E-state index >= 15 is 0 Å². The Hall–Kier alpha value is -1.00. The van der Waals surface area contributed by atoms with E-state index in [4.69, 9.17) is 5.73 Å². The minimum Gasteiger partial charge on any atom is -0.399 e. The first-order chi connectivity index (χ1) is 8.25. The molecule has 0 aliphatic rings. The van der Waals surface area contributed by atoms with Crippen LogP contribution in [0.3, 0.4) is 0 Å². The van der Waals surface area contributed by atoms with Gasteiger partial charge in [-0.1, -0.05) is 12.1 Å². The van der Waals surface area contributed by atoms with Crippen molar-refractivity contribution in [1.82, 2.24) is 4.98 Å². The maximum atomic E-state index is 5.64. The van der Waals surface area contributed by atoms with E-state index in [1.807, 2.05) is 30.5 Å². The van der Waals surface area contributed by atoms with Crippen LogP contribution in [0, 0.1) is 0 Å². The lowest BCUT2D eigenvalue weighted by Gasteiger charge is -2.03. The molecule has 0 aliphatic heterocycles. The molecule has 0 saturated heterocycles. The van der Waals surface area contributed by atoms with Crippen LogP contribution in [0.1, 0.15) is 5.56 Å². The number of hydrogen-bond acceptors (Lipinski definition) is 3. The first-order valence-electron chi connectivity index (χ1n) is 5.33. The van der Waals surface area contributed by atoms with Crippen molar-refractivity contribution in [3.63, 3.8) is 0 Å². The van der Waals surface area contributed by atoms with Gasteiger partial charge in [-0.2, -0.15) is 0 Å². The molecule has 2 nitrogen and oxygen atoms in total. The van der Waals surface area contributed by atoms with Crippen molar-refractivity contribution in [3.8, 4) is 0 Å². The number of nitrogen functional groups attached to an aromatic ring is 1. The Labute approximate surface area is 114 Å². The minimum absolute atomic E-state index is 0.814. The van der Waals surface area contributed by atoms with E-state index in [1.165, 1.54) is 5.56 Å². The van der Waals surface area contributed by atoms with Crippen LogP contribution >= 0.6 is 27.7 Å². The van der Waals surface area contributed by atoms with E-state index in [0.29, 0.717) is 0 Å². The standard InChI is InChI=1S/C13H13BrN2S/c14-12-2-1-8-16-13(12)17-9-7-10-3-5-11(15)6-4-10/h1-6,8H,7,9,15H2. The lowest BCUT2D eigenvalue weighted by Crippen LogP contribution is -1.91. The maximum absolute atomic E-state index is 5.64. The van der Waals surface area contributed by atoms with Crippen LogP contribution in [0.4, 0.5) is 5.69 Å². The second-order valence-corrected chi connectivity index (χ2v) is 5.57. The summed E-state index contributed by atoms with van der Waals surface area (Å²) in [6.45, 7) is 0. The molecule has 0 aliphatic carbocycles.